The lowest BCUT2D eigenvalue weighted by molar-refractivity contribution is -0.167. The molecule has 0 aliphatic heterocycles. The highest BCUT2D eigenvalue weighted by atomic mass is 16.6. The normalized spacial score (nSPS) is 14.5. The van der Waals surface area contributed by atoms with Gasteiger partial charge < -0.3 is 9.84 Å². The van der Waals surface area contributed by atoms with Crippen LogP contribution in [-0.4, -0.2) is 22.6 Å². The number of aliphatic carboxylic acids is 1. The number of rotatable bonds is 8. The van der Waals surface area contributed by atoms with E-state index in [1.165, 1.54) is 0 Å². The van der Waals surface area contributed by atoms with Gasteiger partial charge in [0.2, 0.25) is 0 Å². The summed E-state index contributed by atoms with van der Waals surface area (Å²) in [5.41, 5.74) is 0.375. The van der Waals surface area contributed by atoms with Crippen LogP contribution in [0.5, 0.6) is 0 Å². The summed E-state index contributed by atoms with van der Waals surface area (Å²) in [6, 6.07) is 9.72. The summed E-state index contributed by atoms with van der Waals surface area (Å²) >= 11 is 0. The number of carbonyl (C=O) groups is 2. The smallest absolute Gasteiger partial charge is 0.310 e. The fraction of sp³-hybridized carbons (Fsp3) is 0.524. The second-order valence-corrected chi connectivity index (χ2v) is 7.76. The van der Waals surface area contributed by atoms with Crippen molar-refractivity contribution in [2.24, 2.45) is 17.8 Å². The van der Waals surface area contributed by atoms with Gasteiger partial charge in [0, 0.05) is 0 Å². The molecule has 0 saturated carbocycles. The average Bonchev–Trinajstić information content (AvgIpc) is 2.48. The summed E-state index contributed by atoms with van der Waals surface area (Å²) in [5, 5.41) is 9.62. The summed E-state index contributed by atoms with van der Waals surface area (Å²) in [5.74, 6) is -2.66. The Morgan fingerprint density at radius 1 is 1.12 bits per heavy atom. The topological polar surface area (TPSA) is 63.6 Å². The maximum atomic E-state index is 12.6. The monoisotopic (exact) mass is 346 g/mol. The number of carboxylic acids is 1. The fourth-order valence-corrected chi connectivity index (χ4v) is 2.66. The van der Waals surface area contributed by atoms with E-state index in [1.807, 2.05) is 56.3 Å². The Balaban J connectivity index is 2.98. The Morgan fingerprint density at radius 3 is 2.20 bits per heavy atom. The van der Waals surface area contributed by atoms with Crippen molar-refractivity contribution in [3.8, 4) is 0 Å². The molecule has 1 aromatic carbocycles. The molecule has 0 unspecified atom stereocenters. The lowest BCUT2D eigenvalue weighted by Crippen LogP contribution is -2.36. The molecule has 4 nitrogen and oxygen atoms in total. The second kappa shape index (κ2) is 9.40. The van der Waals surface area contributed by atoms with Crippen molar-refractivity contribution in [3.05, 3.63) is 42.0 Å². The molecule has 0 aromatic heterocycles. The van der Waals surface area contributed by atoms with Gasteiger partial charge in [-0.15, -0.1) is 0 Å². The maximum absolute atomic E-state index is 12.6. The third-order valence-corrected chi connectivity index (χ3v) is 3.74. The number of esters is 1. The molecule has 0 aliphatic rings. The molecule has 1 rings (SSSR count). The maximum Gasteiger partial charge on any atom is 0.310 e. The Kier molecular flexibility index (Phi) is 7.88. The van der Waals surface area contributed by atoms with Gasteiger partial charge in [0.05, 0.1) is 11.8 Å². The minimum atomic E-state index is -0.947. The molecule has 0 fully saturated rings. The standard InChI is InChI=1S/C21H30O4/c1-15(2)14-18(19(22)23)17(20(24)25-21(3,4)5)13-9-12-16-10-7-6-8-11-16/h6-12,15,17-18H,13-14H2,1-5H3,(H,22,23)/t17-,18-/m1/s1. The van der Waals surface area contributed by atoms with Crippen LogP contribution < -0.4 is 0 Å². The van der Waals surface area contributed by atoms with Crippen molar-refractivity contribution in [1.29, 1.82) is 0 Å². The third kappa shape index (κ3) is 8.01. The molecule has 1 aromatic rings. The molecule has 2 atom stereocenters. The summed E-state index contributed by atoms with van der Waals surface area (Å²) in [4.78, 5) is 24.4. The van der Waals surface area contributed by atoms with E-state index in [9.17, 15) is 14.7 Å². The van der Waals surface area contributed by atoms with Gasteiger partial charge in [-0.3, -0.25) is 9.59 Å². The fourth-order valence-electron chi connectivity index (χ4n) is 2.66. The van der Waals surface area contributed by atoms with Gasteiger partial charge in [-0.05, 0) is 45.1 Å². The molecule has 138 valence electrons. The zero-order valence-electron chi connectivity index (χ0n) is 15.9. The first-order valence-corrected chi connectivity index (χ1v) is 8.77. The number of allylic oxidation sites excluding steroid dienone is 1. The van der Waals surface area contributed by atoms with Gasteiger partial charge in [-0.1, -0.05) is 56.3 Å². The Bertz CT molecular complexity index is 582. The highest BCUT2D eigenvalue weighted by Gasteiger charge is 2.36. The van der Waals surface area contributed by atoms with Crippen LogP contribution in [0, 0.1) is 17.8 Å². The van der Waals surface area contributed by atoms with Crippen LogP contribution in [0.4, 0.5) is 0 Å². The number of hydrogen-bond donors (Lipinski definition) is 1. The van der Waals surface area contributed by atoms with E-state index < -0.39 is 29.4 Å². The molecule has 0 saturated heterocycles. The van der Waals surface area contributed by atoms with Crippen molar-refractivity contribution in [3.63, 3.8) is 0 Å². The van der Waals surface area contributed by atoms with E-state index >= 15 is 0 Å². The number of ether oxygens (including phenoxy) is 1. The van der Waals surface area contributed by atoms with Gasteiger partial charge in [0.1, 0.15) is 5.60 Å². The zero-order chi connectivity index (χ0) is 19.0. The largest absolute Gasteiger partial charge is 0.481 e. The number of carboxylic acid groups (broad SMARTS) is 1. The Morgan fingerprint density at radius 2 is 1.72 bits per heavy atom. The molecule has 0 amide bonds. The predicted molar refractivity (Wildman–Crippen MR) is 100 cm³/mol. The Hall–Kier alpha value is -2.10. The van der Waals surface area contributed by atoms with Gasteiger partial charge >= 0.3 is 11.9 Å². The highest BCUT2D eigenvalue weighted by Crippen LogP contribution is 2.27. The van der Waals surface area contributed by atoms with Crippen LogP contribution in [0.25, 0.3) is 6.08 Å². The Labute approximate surface area is 150 Å². The van der Waals surface area contributed by atoms with Crippen molar-refractivity contribution in [2.75, 3.05) is 0 Å². The van der Waals surface area contributed by atoms with Crippen LogP contribution in [-0.2, 0) is 14.3 Å². The van der Waals surface area contributed by atoms with E-state index in [0.29, 0.717) is 12.8 Å². The average molecular weight is 346 g/mol. The van der Waals surface area contributed by atoms with Crippen LogP contribution in [0.1, 0.15) is 53.0 Å². The van der Waals surface area contributed by atoms with Crippen LogP contribution in [0.3, 0.4) is 0 Å². The molecular formula is C21H30O4. The molecule has 0 spiro atoms. The summed E-state index contributed by atoms with van der Waals surface area (Å²) in [6.45, 7) is 9.30. The van der Waals surface area contributed by atoms with Gasteiger partial charge in [-0.2, -0.15) is 0 Å². The van der Waals surface area contributed by atoms with Crippen molar-refractivity contribution >= 4 is 18.0 Å². The van der Waals surface area contributed by atoms with Crippen molar-refractivity contribution in [1.82, 2.24) is 0 Å². The quantitative estimate of drug-likeness (QED) is 0.687. The predicted octanol–water partition coefficient (Wildman–Crippen LogP) is 4.79. The summed E-state index contributed by atoms with van der Waals surface area (Å²) in [7, 11) is 0. The highest BCUT2D eigenvalue weighted by molar-refractivity contribution is 5.81. The third-order valence-electron chi connectivity index (χ3n) is 3.74. The number of benzene rings is 1. The molecular weight excluding hydrogens is 316 g/mol. The van der Waals surface area contributed by atoms with Gasteiger partial charge in [-0.25, -0.2) is 0 Å². The lowest BCUT2D eigenvalue weighted by Gasteiger charge is -2.27. The van der Waals surface area contributed by atoms with Gasteiger partial charge in [0.25, 0.3) is 0 Å². The number of hydrogen-bond acceptors (Lipinski definition) is 3. The first kappa shape index (κ1) is 20.9. The number of carbonyl (C=O) groups excluding carboxylic acids is 1. The molecule has 25 heavy (non-hydrogen) atoms. The molecule has 1 N–H and O–H groups in total. The van der Waals surface area contributed by atoms with Crippen molar-refractivity contribution < 1.29 is 19.4 Å². The van der Waals surface area contributed by atoms with Crippen LogP contribution in [0.2, 0.25) is 0 Å². The molecule has 0 radical (unpaired) electrons. The lowest BCUT2D eigenvalue weighted by atomic mass is 9.83. The van der Waals surface area contributed by atoms with E-state index in [-0.39, 0.29) is 5.92 Å². The molecule has 0 aliphatic carbocycles. The molecule has 4 heteroatoms. The first-order valence-electron chi connectivity index (χ1n) is 8.77. The zero-order valence-corrected chi connectivity index (χ0v) is 15.9. The summed E-state index contributed by atoms with van der Waals surface area (Å²) < 4.78 is 5.48. The SMILES string of the molecule is CC(C)C[C@@H](C(=O)O)[C@@H](CC=Cc1ccccc1)C(=O)OC(C)(C)C. The van der Waals surface area contributed by atoms with Crippen LogP contribution >= 0.6 is 0 Å². The molecule has 0 heterocycles. The van der Waals surface area contributed by atoms with E-state index in [0.717, 1.165) is 5.56 Å². The second-order valence-electron chi connectivity index (χ2n) is 7.76. The van der Waals surface area contributed by atoms with Gasteiger partial charge in [0.15, 0.2) is 0 Å². The first-order chi connectivity index (χ1) is 11.6. The van der Waals surface area contributed by atoms with Crippen molar-refractivity contribution in [2.45, 2.75) is 53.1 Å². The summed E-state index contributed by atoms with van der Waals surface area (Å²) in [6.07, 6.45) is 4.55. The van der Waals surface area contributed by atoms with Crippen LogP contribution in [0.15, 0.2) is 36.4 Å². The van der Waals surface area contributed by atoms with E-state index in [1.54, 1.807) is 20.8 Å². The molecule has 0 bridgehead atoms. The van der Waals surface area contributed by atoms with E-state index in [2.05, 4.69) is 0 Å². The minimum Gasteiger partial charge on any atom is -0.481 e. The minimum absolute atomic E-state index is 0.184. The van der Waals surface area contributed by atoms with E-state index in [4.69, 9.17) is 4.74 Å².